The van der Waals surface area contributed by atoms with Crippen molar-refractivity contribution >= 4 is 39.1 Å². The Morgan fingerprint density at radius 2 is 1.74 bits per heavy atom. The van der Waals surface area contributed by atoms with Crippen LogP contribution in [0.25, 0.3) is 0 Å². The second-order valence-electron chi connectivity index (χ2n) is 4.11. The fraction of sp³-hybridized carbons (Fsp3) is 0.364. The van der Waals surface area contributed by atoms with Gasteiger partial charge in [-0.05, 0) is 18.2 Å². The van der Waals surface area contributed by atoms with Crippen LogP contribution in [0.15, 0.2) is 23.1 Å². The molecule has 0 atom stereocenters. The zero-order valence-electron chi connectivity index (χ0n) is 9.90. The summed E-state index contributed by atoms with van der Waals surface area (Å²) in [4.78, 5) is 11.3. The predicted octanol–water partition coefficient (Wildman–Crippen LogP) is 1.50. The normalized spacial score (nSPS) is 17.9. The maximum Gasteiger partial charge on any atom is 0.243 e. The summed E-state index contributed by atoms with van der Waals surface area (Å²) < 4.78 is 26.1. The molecule has 1 aromatic carbocycles. The van der Waals surface area contributed by atoms with Gasteiger partial charge in [0, 0.05) is 36.1 Å². The average Bonchev–Trinajstić information content (AvgIpc) is 2.53. The van der Waals surface area contributed by atoms with Crippen LogP contribution in [-0.2, 0) is 14.8 Å². The largest absolute Gasteiger partial charge is 0.355 e. The fourth-order valence-corrected chi connectivity index (χ4v) is 3.98. The monoisotopic (exact) mass is 322 g/mol. The van der Waals surface area contributed by atoms with Gasteiger partial charge in [-0.2, -0.15) is 4.31 Å². The fourth-order valence-electron chi connectivity index (χ4n) is 1.81. The van der Waals surface area contributed by atoms with Crippen molar-refractivity contribution in [2.45, 2.75) is 11.3 Å². The minimum Gasteiger partial charge on any atom is -0.355 e. The lowest BCUT2D eigenvalue weighted by molar-refractivity contribution is -0.120. The van der Waals surface area contributed by atoms with Crippen molar-refractivity contribution in [1.82, 2.24) is 9.62 Å². The zero-order valence-corrected chi connectivity index (χ0v) is 12.2. The third-order valence-electron chi connectivity index (χ3n) is 2.75. The molecule has 1 aromatic rings. The SMILES string of the molecule is O=C1CCN(S(=O)(=O)c2cc(Cl)cc(Cl)c2)CCN1. The Morgan fingerprint density at radius 3 is 2.37 bits per heavy atom. The van der Waals surface area contributed by atoms with Crippen molar-refractivity contribution in [3.63, 3.8) is 0 Å². The standard InChI is InChI=1S/C11H12Cl2N2O3S/c12-8-5-9(13)7-10(6-8)19(17,18)15-3-1-11(16)14-2-4-15/h5-7H,1-4H2,(H,14,16). The van der Waals surface area contributed by atoms with E-state index in [1.807, 2.05) is 0 Å². The first-order valence-corrected chi connectivity index (χ1v) is 7.82. The minimum absolute atomic E-state index is 0.0411. The van der Waals surface area contributed by atoms with E-state index in [0.717, 1.165) is 0 Å². The van der Waals surface area contributed by atoms with Crippen molar-refractivity contribution < 1.29 is 13.2 Å². The lowest BCUT2D eigenvalue weighted by Gasteiger charge is -2.19. The molecule has 1 aliphatic rings. The molecule has 1 fully saturated rings. The molecule has 19 heavy (non-hydrogen) atoms. The minimum atomic E-state index is -3.68. The summed E-state index contributed by atoms with van der Waals surface area (Å²) in [6.07, 6.45) is 0.146. The molecule has 1 amide bonds. The van der Waals surface area contributed by atoms with Gasteiger partial charge in [-0.15, -0.1) is 0 Å². The number of rotatable bonds is 2. The molecular weight excluding hydrogens is 311 g/mol. The number of sulfonamides is 1. The van der Waals surface area contributed by atoms with Crippen LogP contribution in [-0.4, -0.2) is 38.3 Å². The van der Waals surface area contributed by atoms with Crippen LogP contribution in [0.4, 0.5) is 0 Å². The van der Waals surface area contributed by atoms with E-state index in [-0.39, 0.29) is 40.4 Å². The first-order valence-electron chi connectivity index (χ1n) is 5.62. The summed E-state index contributed by atoms with van der Waals surface area (Å²) in [5.74, 6) is -0.151. The number of carbonyl (C=O) groups excluding carboxylic acids is 1. The summed E-state index contributed by atoms with van der Waals surface area (Å²) in [6.45, 7) is 0.683. The number of benzene rings is 1. The summed E-state index contributed by atoms with van der Waals surface area (Å²) in [6, 6.07) is 4.17. The number of hydrogen-bond donors (Lipinski definition) is 1. The average molecular weight is 323 g/mol. The molecule has 0 aromatic heterocycles. The summed E-state index contributed by atoms with van der Waals surface area (Å²) in [5, 5.41) is 3.14. The van der Waals surface area contributed by atoms with Gasteiger partial charge in [0.15, 0.2) is 0 Å². The summed E-state index contributed by atoms with van der Waals surface area (Å²) in [7, 11) is -3.68. The topological polar surface area (TPSA) is 66.5 Å². The number of halogens is 2. The molecule has 0 spiro atoms. The Kier molecular flexibility index (Phi) is 4.35. The zero-order chi connectivity index (χ0) is 14.0. The van der Waals surface area contributed by atoms with Crippen LogP contribution in [0.2, 0.25) is 10.0 Å². The molecule has 5 nitrogen and oxygen atoms in total. The Labute approximate surface area is 121 Å². The van der Waals surface area contributed by atoms with Gasteiger partial charge in [-0.1, -0.05) is 23.2 Å². The Morgan fingerprint density at radius 1 is 1.11 bits per heavy atom. The van der Waals surface area contributed by atoms with E-state index < -0.39 is 10.0 Å². The van der Waals surface area contributed by atoms with Crippen LogP contribution < -0.4 is 5.32 Å². The van der Waals surface area contributed by atoms with Crippen molar-refractivity contribution in [2.75, 3.05) is 19.6 Å². The molecule has 1 heterocycles. The van der Waals surface area contributed by atoms with Crippen LogP contribution in [0.1, 0.15) is 6.42 Å². The lowest BCUT2D eigenvalue weighted by Crippen LogP contribution is -2.34. The third-order valence-corrected chi connectivity index (χ3v) is 5.06. The number of carbonyl (C=O) groups is 1. The molecule has 0 unspecified atom stereocenters. The molecule has 0 saturated carbocycles. The van der Waals surface area contributed by atoms with Gasteiger partial charge in [0.05, 0.1) is 4.90 Å². The van der Waals surface area contributed by atoms with Gasteiger partial charge in [0.25, 0.3) is 0 Å². The van der Waals surface area contributed by atoms with E-state index >= 15 is 0 Å². The Bertz CT molecular complexity index is 584. The number of amides is 1. The molecular formula is C11H12Cl2N2O3S. The lowest BCUT2D eigenvalue weighted by atomic mass is 10.4. The van der Waals surface area contributed by atoms with Gasteiger partial charge in [-0.25, -0.2) is 8.42 Å². The van der Waals surface area contributed by atoms with E-state index in [9.17, 15) is 13.2 Å². The highest BCUT2D eigenvalue weighted by molar-refractivity contribution is 7.89. The van der Waals surface area contributed by atoms with Crippen LogP contribution in [0.5, 0.6) is 0 Å². The van der Waals surface area contributed by atoms with E-state index in [2.05, 4.69) is 5.32 Å². The third kappa shape index (κ3) is 3.39. The molecule has 8 heteroatoms. The van der Waals surface area contributed by atoms with Crippen molar-refractivity contribution in [3.05, 3.63) is 28.2 Å². The second-order valence-corrected chi connectivity index (χ2v) is 6.92. The van der Waals surface area contributed by atoms with Gasteiger partial charge in [0.2, 0.25) is 15.9 Å². The molecule has 0 aliphatic carbocycles. The van der Waals surface area contributed by atoms with E-state index in [1.165, 1.54) is 22.5 Å². The second kappa shape index (κ2) is 5.66. The molecule has 0 bridgehead atoms. The molecule has 2 rings (SSSR count). The molecule has 1 aliphatic heterocycles. The summed E-state index contributed by atoms with van der Waals surface area (Å²) >= 11 is 11.6. The highest BCUT2D eigenvalue weighted by atomic mass is 35.5. The Balaban J connectivity index is 2.33. The van der Waals surface area contributed by atoms with Crippen molar-refractivity contribution in [1.29, 1.82) is 0 Å². The van der Waals surface area contributed by atoms with E-state index in [0.29, 0.717) is 6.54 Å². The van der Waals surface area contributed by atoms with Gasteiger partial charge >= 0.3 is 0 Å². The highest BCUT2D eigenvalue weighted by Gasteiger charge is 2.27. The molecule has 104 valence electrons. The molecule has 1 N–H and O–H groups in total. The van der Waals surface area contributed by atoms with Crippen LogP contribution in [0, 0.1) is 0 Å². The maximum atomic E-state index is 12.4. The van der Waals surface area contributed by atoms with Crippen molar-refractivity contribution in [3.8, 4) is 0 Å². The summed E-state index contributed by atoms with van der Waals surface area (Å²) in [5.41, 5.74) is 0. The molecule has 0 radical (unpaired) electrons. The van der Waals surface area contributed by atoms with Gasteiger partial charge < -0.3 is 5.32 Å². The predicted molar refractivity (Wildman–Crippen MR) is 72.8 cm³/mol. The first kappa shape index (κ1) is 14.6. The van der Waals surface area contributed by atoms with E-state index in [4.69, 9.17) is 23.2 Å². The number of hydrogen-bond acceptors (Lipinski definition) is 3. The maximum absolute atomic E-state index is 12.4. The van der Waals surface area contributed by atoms with Crippen LogP contribution in [0.3, 0.4) is 0 Å². The van der Waals surface area contributed by atoms with Crippen molar-refractivity contribution in [2.24, 2.45) is 0 Å². The molecule has 1 saturated heterocycles. The quantitative estimate of drug-likeness (QED) is 0.897. The highest BCUT2D eigenvalue weighted by Crippen LogP contribution is 2.25. The number of nitrogens with zero attached hydrogens (tertiary/aromatic N) is 1. The van der Waals surface area contributed by atoms with E-state index in [1.54, 1.807) is 0 Å². The van der Waals surface area contributed by atoms with Gasteiger partial charge in [-0.3, -0.25) is 4.79 Å². The van der Waals surface area contributed by atoms with Gasteiger partial charge in [0.1, 0.15) is 0 Å². The van der Waals surface area contributed by atoms with Crippen LogP contribution >= 0.6 is 23.2 Å². The Hall–Kier alpha value is -0.820. The first-order chi connectivity index (χ1) is 8.89. The smallest absolute Gasteiger partial charge is 0.243 e. The number of nitrogens with one attached hydrogen (secondary N) is 1.